The highest BCUT2D eigenvalue weighted by Gasteiger charge is 2.22. The summed E-state index contributed by atoms with van der Waals surface area (Å²) in [5.74, 6) is -0.387. The third kappa shape index (κ3) is 4.87. The van der Waals surface area contributed by atoms with E-state index in [9.17, 15) is 9.59 Å². The molecule has 0 saturated carbocycles. The zero-order valence-corrected chi connectivity index (χ0v) is 16.1. The van der Waals surface area contributed by atoms with Gasteiger partial charge in [0.15, 0.2) is 0 Å². The van der Waals surface area contributed by atoms with Crippen molar-refractivity contribution in [3.63, 3.8) is 0 Å². The first-order valence-electron chi connectivity index (χ1n) is 8.70. The van der Waals surface area contributed by atoms with Crippen molar-refractivity contribution < 1.29 is 9.59 Å². The number of carbonyl (C=O) groups excluding carboxylic acids is 2. The van der Waals surface area contributed by atoms with Gasteiger partial charge in [-0.05, 0) is 30.5 Å². The van der Waals surface area contributed by atoms with Crippen LogP contribution in [-0.4, -0.2) is 24.6 Å². The molecular formula is C20H19Cl2N3O2. The summed E-state index contributed by atoms with van der Waals surface area (Å²) in [7, 11) is 0. The van der Waals surface area contributed by atoms with Gasteiger partial charge in [-0.25, -0.2) is 5.43 Å². The van der Waals surface area contributed by atoms with Gasteiger partial charge in [-0.15, -0.1) is 0 Å². The van der Waals surface area contributed by atoms with E-state index in [0.717, 1.165) is 18.5 Å². The minimum atomic E-state index is -0.331. The zero-order chi connectivity index (χ0) is 19.2. The molecule has 0 saturated heterocycles. The van der Waals surface area contributed by atoms with Gasteiger partial charge in [0, 0.05) is 30.6 Å². The first kappa shape index (κ1) is 19.4. The Morgan fingerprint density at radius 2 is 1.93 bits per heavy atom. The van der Waals surface area contributed by atoms with Crippen molar-refractivity contribution in [1.82, 2.24) is 5.43 Å². The van der Waals surface area contributed by atoms with Crippen molar-refractivity contribution in [2.45, 2.75) is 25.7 Å². The summed E-state index contributed by atoms with van der Waals surface area (Å²) in [6.07, 6.45) is 3.53. The van der Waals surface area contributed by atoms with Gasteiger partial charge in [0.1, 0.15) is 0 Å². The highest BCUT2D eigenvalue weighted by Crippen LogP contribution is 2.27. The van der Waals surface area contributed by atoms with Crippen LogP contribution in [0.2, 0.25) is 10.0 Å². The lowest BCUT2D eigenvalue weighted by Crippen LogP contribution is -2.36. The Balaban J connectivity index is 1.52. The van der Waals surface area contributed by atoms with Gasteiger partial charge in [-0.2, -0.15) is 5.10 Å². The number of hydrazone groups is 1. The Labute approximate surface area is 168 Å². The maximum absolute atomic E-state index is 12.5. The third-order valence-corrected chi connectivity index (χ3v) is 5.19. The molecule has 1 aliphatic heterocycles. The van der Waals surface area contributed by atoms with Crippen molar-refractivity contribution in [2.24, 2.45) is 5.10 Å². The molecule has 2 aromatic carbocycles. The number of halogens is 2. The second-order valence-corrected chi connectivity index (χ2v) is 7.00. The maximum Gasteiger partial charge on any atom is 0.240 e. The number of nitrogens with zero attached hydrogens (tertiary/aromatic N) is 2. The molecule has 0 aliphatic carbocycles. The monoisotopic (exact) mass is 403 g/mol. The quantitative estimate of drug-likeness (QED) is 0.600. The molecule has 0 bridgehead atoms. The Kier molecular flexibility index (Phi) is 6.48. The lowest BCUT2D eigenvalue weighted by molar-refractivity contribution is -0.125. The molecular weight excluding hydrogens is 385 g/mol. The number of para-hydroxylation sites is 1. The lowest BCUT2D eigenvalue weighted by Gasteiger charge is -2.29. The molecule has 0 aromatic heterocycles. The van der Waals surface area contributed by atoms with Gasteiger partial charge in [0.25, 0.3) is 0 Å². The number of rotatable bonds is 5. The van der Waals surface area contributed by atoms with Crippen molar-refractivity contribution >= 4 is 46.9 Å². The predicted molar refractivity (Wildman–Crippen MR) is 109 cm³/mol. The van der Waals surface area contributed by atoms with E-state index in [2.05, 4.69) is 10.5 Å². The molecule has 7 heteroatoms. The normalized spacial score (nSPS) is 13.5. The highest BCUT2D eigenvalue weighted by atomic mass is 35.5. The van der Waals surface area contributed by atoms with E-state index in [-0.39, 0.29) is 24.7 Å². The molecule has 27 heavy (non-hydrogen) atoms. The van der Waals surface area contributed by atoms with E-state index in [1.165, 1.54) is 11.8 Å². The van der Waals surface area contributed by atoms with E-state index in [1.54, 1.807) is 23.1 Å². The molecule has 0 radical (unpaired) electrons. The first-order chi connectivity index (χ1) is 13.1. The number of carbonyl (C=O) groups is 2. The summed E-state index contributed by atoms with van der Waals surface area (Å²) >= 11 is 12.0. The van der Waals surface area contributed by atoms with Crippen LogP contribution in [0.4, 0.5) is 5.69 Å². The molecule has 3 rings (SSSR count). The summed E-state index contributed by atoms with van der Waals surface area (Å²) in [4.78, 5) is 26.2. The molecule has 140 valence electrons. The second-order valence-electron chi connectivity index (χ2n) is 6.21. The molecule has 2 amide bonds. The second kappa shape index (κ2) is 9.02. The number of anilines is 1. The van der Waals surface area contributed by atoms with Gasteiger partial charge in [-0.3, -0.25) is 9.59 Å². The summed E-state index contributed by atoms with van der Waals surface area (Å²) in [6.45, 7) is 0.683. The van der Waals surface area contributed by atoms with Crippen LogP contribution in [0.15, 0.2) is 47.6 Å². The number of fused-ring (bicyclic) bond motifs is 1. The summed E-state index contributed by atoms with van der Waals surface area (Å²) in [5, 5.41) is 4.66. The molecule has 5 nitrogen and oxygen atoms in total. The van der Waals surface area contributed by atoms with Crippen LogP contribution in [0.5, 0.6) is 0 Å². The minimum Gasteiger partial charge on any atom is -0.312 e. The molecule has 0 spiro atoms. The summed E-state index contributed by atoms with van der Waals surface area (Å²) < 4.78 is 0. The van der Waals surface area contributed by atoms with Crippen LogP contribution < -0.4 is 10.3 Å². The van der Waals surface area contributed by atoms with Crippen molar-refractivity contribution in [2.75, 3.05) is 11.4 Å². The SMILES string of the molecule is O=C(CCC(=O)N1CCCc2ccccc21)N/N=C/c1cccc(Cl)c1Cl. The first-order valence-corrected chi connectivity index (χ1v) is 9.46. The topological polar surface area (TPSA) is 61.8 Å². The molecule has 2 aromatic rings. The predicted octanol–water partition coefficient (Wildman–Crippen LogP) is 4.20. The van der Waals surface area contributed by atoms with Crippen molar-refractivity contribution in [3.05, 3.63) is 63.6 Å². The number of hydrogen-bond donors (Lipinski definition) is 1. The molecule has 0 atom stereocenters. The van der Waals surface area contributed by atoms with Gasteiger partial charge in [0.2, 0.25) is 11.8 Å². The van der Waals surface area contributed by atoms with E-state index in [1.807, 2.05) is 24.3 Å². The Hall–Kier alpha value is -2.37. The van der Waals surface area contributed by atoms with Crippen LogP contribution in [0.3, 0.4) is 0 Å². The number of benzene rings is 2. The van der Waals surface area contributed by atoms with E-state index < -0.39 is 0 Å². The number of amides is 2. The average molecular weight is 404 g/mol. The van der Waals surface area contributed by atoms with E-state index >= 15 is 0 Å². The van der Waals surface area contributed by atoms with Crippen LogP contribution in [-0.2, 0) is 16.0 Å². The number of hydrogen-bond acceptors (Lipinski definition) is 3. The van der Waals surface area contributed by atoms with Crippen LogP contribution in [0, 0.1) is 0 Å². The Bertz CT molecular complexity index is 883. The largest absolute Gasteiger partial charge is 0.312 e. The van der Waals surface area contributed by atoms with Crippen molar-refractivity contribution in [3.8, 4) is 0 Å². The third-order valence-electron chi connectivity index (χ3n) is 4.35. The van der Waals surface area contributed by atoms with Gasteiger partial charge in [0.05, 0.1) is 16.3 Å². The van der Waals surface area contributed by atoms with Gasteiger partial charge >= 0.3 is 0 Å². The highest BCUT2D eigenvalue weighted by molar-refractivity contribution is 6.43. The number of nitrogens with one attached hydrogen (secondary N) is 1. The standard InChI is InChI=1S/C20H19Cl2N3O2/c21-16-8-3-6-15(20(16)22)13-23-24-18(26)10-11-19(27)25-12-4-7-14-5-1-2-9-17(14)25/h1-3,5-6,8-9,13H,4,7,10-12H2,(H,24,26)/b23-13+. The molecule has 0 unspecified atom stereocenters. The van der Waals surface area contributed by atoms with Crippen molar-refractivity contribution in [1.29, 1.82) is 0 Å². The fourth-order valence-corrected chi connectivity index (χ4v) is 3.35. The fraction of sp³-hybridized carbons (Fsp3) is 0.250. The van der Waals surface area contributed by atoms with Crippen LogP contribution in [0.25, 0.3) is 0 Å². The Morgan fingerprint density at radius 1 is 1.11 bits per heavy atom. The summed E-state index contributed by atoms with van der Waals surface area (Å²) in [5.41, 5.74) is 5.13. The van der Waals surface area contributed by atoms with Crippen LogP contribution >= 0.6 is 23.2 Å². The van der Waals surface area contributed by atoms with Crippen LogP contribution in [0.1, 0.15) is 30.4 Å². The molecule has 1 heterocycles. The molecule has 1 N–H and O–H groups in total. The number of aryl methyl sites for hydroxylation is 1. The van der Waals surface area contributed by atoms with E-state index in [4.69, 9.17) is 23.2 Å². The smallest absolute Gasteiger partial charge is 0.240 e. The van der Waals surface area contributed by atoms with Gasteiger partial charge in [-0.1, -0.05) is 53.5 Å². The van der Waals surface area contributed by atoms with E-state index in [0.29, 0.717) is 22.2 Å². The maximum atomic E-state index is 12.5. The fourth-order valence-electron chi connectivity index (χ4n) is 3.00. The molecule has 1 aliphatic rings. The Morgan fingerprint density at radius 3 is 2.78 bits per heavy atom. The molecule has 0 fully saturated rings. The average Bonchev–Trinajstić information content (AvgIpc) is 2.69. The minimum absolute atomic E-state index is 0.0563. The lowest BCUT2D eigenvalue weighted by atomic mass is 10.0. The zero-order valence-electron chi connectivity index (χ0n) is 14.6. The summed E-state index contributed by atoms with van der Waals surface area (Å²) in [6, 6.07) is 13.0. The van der Waals surface area contributed by atoms with Gasteiger partial charge < -0.3 is 4.90 Å².